The maximum Gasteiger partial charge on any atom is 0.335 e. The first kappa shape index (κ1) is 20.4. The van der Waals surface area contributed by atoms with Gasteiger partial charge in [0.2, 0.25) is 5.91 Å². The first-order valence-corrected chi connectivity index (χ1v) is 10.3. The van der Waals surface area contributed by atoms with Gasteiger partial charge in [-0.05, 0) is 36.2 Å². The zero-order valence-electron chi connectivity index (χ0n) is 14.8. The van der Waals surface area contributed by atoms with Gasteiger partial charge >= 0.3 is 5.97 Å². The van der Waals surface area contributed by atoms with Crippen LogP contribution in [0.1, 0.15) is 22.3 Å². The van der Waals surface area contributed by atoms with Crippen LogP contribution in [0.2, 0.25) is 0 Å². The molecule has 0 heterocycles. The Balaban J connectivity index is 1.84. The smallest absolute Gasteiger partial charge is 0.335 e. The number of carbonyl (C=O) groups excluding carboxylic acids is 1. The number of aromatic carboxylic acids is 1. The molecule has 2 aromatic rings. The Morgan fingerprint density at radius 2 is 1.81 bits per heavy atom. The van der Waals surface area contributed by atoms with Gasteiger partial charge in [-0.15, -0.1) is 0 Å². The number of aryl methyl sites for hydroxylation is 1. The Morgan fingerprint density at radius 1 is 1.11 bits per heavy atom. The number of hydrogen-bond acceptors (Lipinski definition) is 5. The van der Waals surface area contributed by atoms with Crippen LogP contribution in [0.5, 0.6) is 5.75 Å². The van der Waals surface area contributed by atoms with E-state index in [4.69, 9.17) is 9.84 Å². The van der Waals surface area contributed by atoms with Crippen LogP contribution in [0.25, 0.3) is 0 Å². The van der Waals surface area contributed by atoms with Crippen LogP contribution in [0.3, 0.4) is 0 Å². The van der Waals surface area contributed by atoms with Crippen molar-refractivity contribution in [3.8, 4) is 5.75 Å². The van der Waals surface area contributed by atoms with Gasteiger partial charge in [-0.3, -0.25) is 4.79 Å². The summed E-state index contributed by atoms with van der Waals surface area (Å²) in [7, 11) is -3.09. The molecule has 0 bridgehead atoms. The first-order valence-electron chi connectivity index (χ1n) is 8.25. The summed E-state index contributed by atoms with van der Waals surface area (Å²) in [6.45, 7) is 0.0442. The molecule has 0 unspecified atom stereocenters. The van der Waals surface area contributed by atoms with Gasteiger partial charge in [0.05, 0.1) is 11.3 Å². The molecule has 0 aliphatic rings. The molecule has 2 rings (SSSR count). The van der Waals surface area contributed by atoms with Crippen molar-refractivity contribution in [2.75, 3.05) is 23.9 Å². The van der Waals surface area contributed by atoms with Crippen LogP contribution in [0.4, 0.5) is 5.69 Å². The topological polar surface area (TPSA) is 110 Å². The van der Waals surface area contributed by atoms with Gasteiger partial charge in [0, 0.05) is 24.4 Å². The van der Waals surface area contributed by atoms with E-state index in [1.165, 1.54) is 12.1 Å². The molecule has 0 radical (unpaired) electrons. The number of sulfone groups is 1. The van der Waals surface area contributed by atoms with E-state index in [0.717, 1.165) is 11.8 Å². The van der Waals surface area contributed by atoms with Crippen LogP contribution in [-0.2, 0) is 21.1 Å². The van der Waals surface area contributed by atoms with E-state index in [1.54, 1.807) is 36.4 Å². The summed E-state index contributed by atoms with van der Waals surface area (Å²) in [6, 6.07) is 13.1. The number of carboxylic acid groups (broad SMARTS) is 1. The highest BCUT2D eigenvalue weighted by Gasteiger charge is 2.07. The Hall–Kier alpha value is -2.87. The van der Waals surface area contributed by atoms with Crippen molar-refractivity contribution in [3.05, 3.63) is 59.7 Å². The maximum atomic E-state index is 12.1. The molecule has 1 amide bonds. The van der Waals surface area contributed by atoms with Crippen molar-refractivity contribution in [2.45, 2.75) is 12.8 Å². The number of benzene rings is 2. The van der Waals surface area contributed by atoms with Gasteiger partial charge < -0.3 is 15.2 Å². The molecule has 0 aromatic heterocycles. The largest absolute Gasteiger partial charge is 0.492 e. The number of hydrogen-bond donors (Lipinski definition) is 2. The lowest BCUT2D eigenvalue weighted by Gasteiger charge is -2.09. The van der Waals surface area contributed by atoms with E-state index in [-0.39, 0.29) is 30.3 Å². The third-order valence-electron chi connectivity index (χ3n) is 3.68. The van der Waals surface area contributed by atoms with Gasteiger partial charge in [0.25, 0.3) is 0 Å². The SMILES string of the molecule is CS(=O)(=O)CCOc1cccc(NC(=O)CCc2ccc(C(=O)O)cc2)c1. The van der Waals surface area contributed by atoms with Crippen molar-refractivity contribution < 1.29 is 27.9 Å². The fourth-order valence-corrected chi connectivity index (χ4v) is 2.66. The standard InChI is InChI=1S/C19H21NO6S/c1-27(24,25)12-11-26-17-4-2-3-16(13-17)20-18(21)10-7-14-5-8-15(9-6-14)19(22)23/h2-6,8-9,13H,7,10-12H2,1H3,(H,20,21)(H,22,23). The fourth-order valence-electron chi connectivity index (χ4n) is 2.27. The minimum Gasteiger partial charge on any atom is -0.492 e. The summed E-state index contributed by atoms with van der Waals surface area (Å²) in [4.78, 5) is 22.9. The van der Waals surface area contributed by atoms with Gasteiger partial charge in [0.15, 0.2) is 9.84 Å². The molecule has 27 heavy (non-hydrogen) atoms. The lowest BCUT2D eigenvalue weighted by Crippen LogP contribution is -2.13. The predicted octanol–water partition coefficient (Wildman–Crippen LogP) is 2.38. The molecule has 7 nitrogen and oxygen atoms in total. The molecule has 0 aliphatic carbocycles. The molecule has 0 fully saturated rings. The highest BCUT2D eigenvalue weighted by molar-refractivity contribution is 7.90. The number of nitrogens with one attached hydrogen (secondary N) is 1. The summed E-state index contributed by atoms with van der Waals surface area (Å²) in [5.41, 5.74) is 1.63. The Bertz CT molecular complexity index is 906. The zero-order chi connectivity index (χ0) is 19.9. The molecule has 144 valence electrons. The predicted molar refractivity (Wildman–Crippen MR) is 102 cm³/mol. The number of carbonyl (C=O) groups is 2. The monoisotopic (exact) mass is 391 g/mol. The van der Waals surface area contributed by atoms with E-state index < -0.39 is 15.8 Å². The molecule has 2 aromatic carbocycles. The summed E-state index contributed by atoms with van der Waals surface area (Å²) in [5, 5.41) is 11.6. The second kappa shape index (κ2) is 9.18. The summed E-state index contributed by atoms with van der Waals surface area (Å²) in [5.74, 6) is -0.784. The van der Waals surface area contributed by atoms with Crippen molar-refractivity contribution in [1.82, 2.24) is 0 Å². The zero-order valence-corrected chi connectivity index (χ0v) is 15.7. The molecule has 2 N–H and O–H groups in total. The normalized spacial score (nSPS) is 11.0. The van der Waals surface area contributed by atoms with Crippen molar-refractivity contribution in [3.63, 3.8) is 0 Å². The Labute approximate surface area is 157 Å². The lowest BCUT2D eigenvalue weighted by molar-refractivity contribution is -0.116. The van der Waals surface area contributed by atoms with Crippen molar-refractivity contribution in [2.24, 2.45) is 0 Å². The molecule has 0 aliphatic heterocycles. The highest BCUT2D eigenvalue weighted by Crippen LogP contribution is 2.18. The van der Waals surface area contributed by atoms with Crippen LogP contribution >= 0.6 is 0 Å². The van der Waals surface area contributed by atoms with Crippen LogP contribution in [-0.4, -0.2) is 44.0 Å². The van der Waals surface area contributed by atoms with E-state index in [9.17, 15) is 18.0 Å². The van der Waals surface area contributed by atoms with E-state index in [1.807, 2.05) is 0 Å². The molecule has 0 saturated heterocycles. The first-order chi connectivity index (χ1) is 12.7. The molecular formula is C19H21NO6S. The van der Waals surface area contributed by atoms with Crippen molar-refractivity contribution in [1.29, 1.82) is 0 Å². The van der Waals surface area contributed by atoms with Gasteiger partial charge in [0.1, 0.15) is 12.4 Å². The summed E-state index contributed by atoms with van der Waals surface area (Å²) >= 11 is 0. The van der Waals surface area contributed by atoms with Crippen molar-refractivity contribution >= 4 is 27.4 Å². The lowest BCUT2D eigenvalue weighted by atomic mass is 10.1. The minimum absolute atomic E-state index is 0.0442. The number of ether oxygens (including phenoxy) is 1. The molecule has 8 heteroatoms. The maximum absolute atomic E-state index is 12.1. The van der Waals surface area contributed by atoms with Crippen LogP contribution in [0.15, 0.2) is 48.5 Å². The Kier molecular flexibility index (Phi) is 6.95. The third-order valence-corrected chi connectivity index (χ3v) is 4.59. The van der Waals surface area contributed by atoms with Crippen LogP contribution in [0, 0.1) is 0 Å². The average Bonchev–Trinajstić information content (AvgIpc) is 2.59. The number of anilines is 1. The van der Waals surface area contributed by atoms with Gasteiger partial charge in [-0.25, -0.2) is 13.2 Å². The van der Waals surface area contributed by atoms with Crippen LogP contribution < -0.4 is 10.1 Å². The van der Waals surface area contributed by atoms with E-state index >= 15 is 0 Å². The van der Waals surface area contributed by atoms with Gasteiger partial charge in [-0.2, -0.15) is 0 Å². The minimum atomic E-state index is -3.09. The van der Waals surface area contributed by atoms with E-state index in [0.29, 0.717) is 17.9 Å². The summed E-state index contributed by atoms with van der Waals surface area (Å²) in [6.07, 6.45) is 1.87. The number of amides is 1. The average molecular weight is 391 g/mol. The Morgan fingerprint density at radius 3 is 2.44 bits per heavy atom. The molecule has 0 spiro atoms. The molecule has 0 saturated carbocycles. The highest BCUT2D eigenvalue weighted by atomic mass is 32.2. The quantitative estimate of drug-likeness (QED) is 0.679. The van der Waals surface area contributed by atoms with E-state index in [2.05, 4.69) is 5.32 Å². The summed E-state index contributed by atoms with van der Waals surface area (Å²) < 4.78 is 27.6. The second-order valence-electron chi connectivity index (χ2n) is 6.06. The fraction of sp³-hybridized carbons (Fsp3) is 0.263. The molecule has 0 atom stereocenters. The van der Waals surface area contributed by atoms with Gasteiger partial charge in [-0.1, -0.05) is 18.2 Å². The number of rotatable bonds is 9. The molecular weight excluding hydrogens is 370 g/mol. The number of carboxylic acids is 1. The third kappa shape index (κ3) is 7.49. The second-order valence-corrected chi connectivity index (χ2v) is 8.32.